The summed E-state index contributed by atoms with van der Waals surface area (Å²) in [4.78, 5) is 0. The van der Waals surface area contributed by atoms with Gasteiger partial charge in [-0.2, -0.15) is 0 Å². The van der Waals surface area contributed by atoms with Crippen molar-refractivity contribution in [2.75, 3.05) is 0 Å². The molecule has 0 bridgehead atoms. The van der Waals surface area contributed by atoms with Gasteiger partial charge < -0.3 is 9.99 Å². The summed E-state index contributed by atoms with van der Waals surface area (Å²) in [7, 11) is 0. The first-order valence-electron chi connectivity index (χ1n) is 0. The van der Waals surface area contributed by atoms with Crippen LogP contribution in [0, 0.1) is 0 Å². The van der Waals surface area contributed by atoms with Gasteiger partial charge in [-0.05, 0) is 0 Å². The first-order chi connectivity index (χ1) is 0. The molecule has 0 rings (SSSR count). The van der Waals surface area contributed by atoms with Crippen molar-refractivity contribution in [3.8, 4) is 0 Å². The van der Waals surface area contributed by atoms with E-state index in [0.717, 1.165) is 0 Å². The zero-order valence-electron chi connectivity index (χ0n) is 11.4. The zero-order valence-corrected chi connectivity index (χ0v) is 13.2. The summed E-state index contributed by atoms with van der Waals surface area (Å²) in [5.74, 6) is 0. The molecule has 0 radical (unpaired) electrons. The second-order valence-corrected chi connectivity index (χ2v) is 0. The van der Waals surface area contributed by atoms with Crippen LogP contribution in [0.4, 0.5) is 0 Å². The van der Waals surface area contributed by atoms with Gasteiger partial charge in [-0.1, -0.05) is 0 Å². The van der Waals surface area contributed by atoms with Crippen molar-refractivity contribution in [2.45, 2.75) is 0 Å². The Morgan fingerprint density at radius 2 is 1.20 bits per heavy atom. The standard InChI is InChI=1S/Ca.K.Li.Mg.Na.7H/q+2;2*+1;+2;+1;7*-1. The summed E-state index contributed by atoms with van der Waals surface area (Å²) in [6.45, 7) is 0. The molecular formula is H7CaKLiMgNa. The zero-order chi connectivity index (χ0) is 0. The molecule has 0 aromatic rings. The van der Waals surface area contributed by atoms with Crippen molar-refractivity contribution in [3.05, 3.63) is 0 Å². The second kappa shape index (κ2) is 22.8. The third-order valence-electron chi connectivity index (χ3n) is 0. The molecule has 0 spiro atoms. The van der Waals surface area contributed by atoms with E-state index in [4.69, 9.17) is 0 Å². The Kier molecular flexibility index (Phi) is 145. The van der Waals surface area contributed by atoms with Gasteiger partial charge in [-0.15, -0.1) is 0 Å². The van der Waals surface area contributed by atoms with Crippen LogP contribution in [0.1, 0.15) is 9.99 Å². The average Bonchev–Trinajstić information content (AvgIpc) is 0. The predicted octanol–water partition coefficient (Wildman–Crippen LogP) is -8.96. The van der Waals surface area contributed by atoms with E-state index in [1.807, 2.05) is 0 Å². The Morgan fingerprint density at radius 1 is 1.20 bits per heavy atom. The summed E-state index contributed by atoms with van der Waals surface area (Å²) in [5, 5.41) is 0. The van der Waals surface area contributed by atoms with Crippen LogP contribution in [-0.4, -0.2) is 60.8 Å². The molecule has 0 heterocycles. The molecule has 0 aromatic carbocycles. The molecule has 0 aromatic heterocycles. The molecule has 0 saturated carbocycles. The quantitative estimate of drug-likeness (QED) is 0.293. The third kappa shape index (κ3) is 17.6. The Balaban J connectivity index is 0. The first kappa shape index (κ1) is 31.8. The maximum Gasteiger partial charge on any atom is 2.00 e. The van der Waals surface area contributed by atoms with Crippen LogP contribution in [0.3, 0.4) is 0 Å². The molecule has 0 fully saturated rings. The van der Waals surface area contributed by atoms with E-state index in [2.05, 4.69) is 0 Å². The molecule has 0 aliphatic rings. The number of hydrogen-bond donors (Lipinski definition) is 0. The molecule has 0 nitrogen and oxygen atoms in total. The van der Waals surface area contributed by atoms with Crippen LogP contribution in [0.2, 0.25) is 0 Å². The fraction of sp³-hybridized carbons (Fsp3) is 0. The monoisotopic (exact) mass is 140 g/mol. The minimum Gasteiger partial charge on any atom is -1.00 e. The maximum atomic E-state index is 0. The molecule has 0 aliphatic heterocycles. The SMILES string of the molecule is [Ca+2].[H-].[H-].[H-].[H-].[H-].[H-].[H-].[K+].[Li+].[Mg+2].[Na+]. The van der Waals surface area contributed by atoms with E-state index in [9.17, 15) is 0 Å². The molecule has 0 unspecified atom stereocenters. The third-order valence-corrected chi connectivity index (χ3v) is 0. The largest absolute Gasteiger partial charge is 2.00 e. The summed E-state index contributed by atoms with van der Waals surface area (Å²) < 4.78 is 0. The maximum absolute atomic E-state index is 0. The van der Waals surface area contributed by atoms with Crippen LogP contribution in [0.25, 0.3) is 0 Å². The minimum atomic E-state index is 0. The van der Waals surface area contributed by atoms with Gasteiger partial charge in [0.1, 0.15) is 0 Å². The van der Waals surface area contributed by atoms with Gasteiger partial charge in [0.05, 0.1) is 0 Å². The fourth-order valence-corrected chi connectivity index (χ4v) is 0. The van der Waals surface area contributed by atoms with E-state index in [1.54, 1.807) is 0 Å². The summed E-state index contributed by atoms with van der Waals surface area (Å²) in [6.07, 6.45) is 0. The van der Waals surface area contributed by atoms with Crippen LogP contribution in [0.15, 0.2) is 0 Å². The Hall–Kier alpha value is 5.26. The van der Waals surface area contributed by atoms with E-state index < -0.39 is 0 Å². The van der Waals surface area contributed by atoms with Crippen molar-refractivity contribution in [1.29, 1.82) is 0 Å². The average molecular weight is 140 g/mol. The van der Waals surface area contributed by atoms with Crippen molar-refractivity contribution in [3.63, 3.8) is 0 Å². The van der Waals surface area contributed by atoms with E-state index in [-0.39, 0.29) is 171 Å². The van der Waals surface area contributed by atoms with Crippen molar-refractivity contribution in [2.24, 2.45) is 0 Å². The van der Waals surface area contributed by atoms with Crippen molar-refractivity contribution < 1.29 is 110 Å². The van der Waals surface area contributed by atoms with Gasteiger partial charge in [-0.25, -0.2) is 0 Å². The van der Waals surface area contributed by atoms with Gasteiger partial charge in [-0.3, -0.25) is 0 Å². The molecule has 5 heavy (non-hydrogen) atoms. The van der Waals surface area contributed by atoms with Gasteiger partial charge >= 0.3 is 161 Å². The Morgan fingerprint density at radius 3 is 1.20 bits per heavy atom. The molecule has 5 heteroatoms. The van der Waals surface area contributed by atoms with Crippen molar-refractivity contribution >= 4 is 60.8 Å². The number of rotatable bonds is 0. The van der Waals surface area contributed by atoms with E-state index in [0.29, 0.717) is 0 Å². The fourth-order valence-electron chi connectivity index (χ4n) is 0. The molecular weight excluding hydrogens is 133 g/mol. The summed E-state index contributed by atoms with van der Waals surface area (Å²) in [5.41, 5.74) is 0. The van der Waals surface area contributed by atoms with Crippen LogP contribution in [0.5, 0.6) is 0 Å². The predicted molar refractivity (Wildman–Crippen MR) is 19.3 cm³/mol. The smallest absolute Gasteiger partial charge is 1.00 e. The topological polar surface area (TPSA) is 0 Å². The second-order valence-electron chi connectivity index (χ2n) is 0. The van der Waals surface area contributed by atoms with Crippen molar-refractivity contribution in [1.82, 2.24) is 0 Å². The van der Waals surface area contributed by atoms with Gasteiger partial charge in [0.15, 0.2) is 0 Å². The van der Waals surface area contributed by atoms with Gasteiger partial charge in [0.25, 0.3) is 0 Å². The normalized spacial score (nSPS) is 0. The number of hydrogen-bond acceptors (Lipinski definition) is 0. The molecule has 0 atom stereocenters. The van der Waals surface area contributed by atoms with E-state index in [1.165, 1.54) is 0 Å². The van der Waals surface area contributed by atoms with Gasteiger partial charge in [0.2, 0.25) is 0 Å². The molecule has 0 aliphatic carbocycles. The summed E-state index contributed by atoms with van der Waals surface area (Å²) in [6, 6.07) is 0. The molecule has 14 valence electrons. The Labute approximate surface area is 166 Å². The van der Waals surface area contributed by atoms with Gasteiger partial charge in [0, 0.05) is 0 Å². The molecule has 0 amide bonds. The molecule has 0 N–H and O–H groups in total. The van der Waals surface area contributed by atoms with Crippen LogP contribution >= 0.6 is 0 Å². The van der Waals surface area contributed by atoms with E-state index >= 15 is 0 Å². The summed E-state index contributed by atoms with van der Waals surface area (Å²) >= 11 is 0. The van der Waals surface area contributed by atoms with Crippen LogP contribution < -0.4 is 99.8 Å². The van der Waals surface area contributed by atoms with Crippen LogP contribution in [-0.2, 0) is 0 Å². The minimum absolute atomic E-state index is 0. The Bertz CT molecular complexity index is 23.4. The molecule has 0 saturated heterocycles. The first-order valence-corrected chi connectivity index (χ1v) is 0.